The molecule has 0 aromatic heterocycles. The fraction of sp³-hybridized carbons (Fsp3) is 0.385. The number of carbonyl (C=O) groups excluding carboxylic acids is 1. The van der Waals surface area contributed by atoms with Crippen LogP contribution in [0.1, 0.15) is 12.0 Å². The molecule has 1 heterocycles. The van der Waals surface area contributed by atoms with Crippen LogP contribution in [0.25, 0.3) is 0 Å². The highest BCUT2D eigenvalue weighted by Crippen LogP contribution is 2.20. The third-order valence-electron chi connectivity index (χ3n) is 3.08. The van der Waals surface area contributed by atoms with E-state index in [1.54, 1.807) is 11.0 Å². The van der Waals surface area contributed by atoms with Crippen LogP contribution in [0.5, 0.6) is 0 Å². The van der Waals surface area contributed by atoms with Gasteiger partial charge in [-0.05, 0) is 24.6 Å². The monoisotopic (exact) mass is 263 g/mol. The number of nitriles is 1. The molecule has 1 N–H and O–H groups in total. The van der Waals surface area contributed by atoms with Crippen molar-refractivity contribution in [3.05, 3.63) is 29.6 Å². The second-order valence-electron chi connectivity index (χ2n) is 4.35. The van der Waals surface area contributed by atoms with E-state index in [0.29, 0.717) is 18.8 Å². The smallest absolute Gasteiger partial charge is 0.409 e. The molecule has 2 rings (SSSR count). The summed E-state index contributed by atoms with van der Waals surface area (Å²) in [6, 6.07) is 6.15. The van der Waals surface area contributed by atoms with Crippen LogP contribution in [0.15, 0.2) is 18.2 Å². The summed E-state index contributed by atoms with van der Waals surface area (Å²) < 4.78 is 18.3. The summed E-state index contributed by atoms with van der Waals surface area (Å²) in [4.78, 5) is 12.9. The number of carbonyl (C=O) groups is 1. The molecule has 1 fully saturated rings. The highest BCUT2D eigenvalue weighted by molar-refractivity contribution is 5.68. The molecule has 6 heteroatoms. The van der Waals surface area contributed by atoms with Crippen LogP contribution in [0.2, 0.25) is 0 Å². The summed E-state index contributed by atoms with van der Waals surface area (Å²) in [6.07, 6.45) is 0.360. The molecule has 5 nitrogen and oxygen atoms in total. The Labute approximate surface area is 110 Å². The summed E-state index contributed by atoms with van der Waals surface area (Å²) in [5.41, 5.74) is 0.626. The molecule has 0 radical (unpaired) electrons. The summed E-state index contributed by atoms with van der Waals surface area (Å²) in [5.74, 6) is -0.462. The predicted octanol–water partition coefficient (Wildman–Crippen LogP) is 1.95. The van der Waals surface area contributed by atoms with E-state index in [0.717, 1.165) is 6.42 Å². The topological polar surface area (TPSA) is 65.4 Å². The van der Waals surface area contributed by atoms with Crippen molar-refractivity contribution in [3.63, 3.8) is 0 Å². The first-order chi connectivity index (χ1) is 9.13. The number of halogens is 1. The molecule has 1 amide bonds. The molecule has 1 atom stereocenters. The van der Waals surface area contributed by atoms with Crippen molar-refractivity contribution in [2.24, 2.45) is 0 Å². The SMILES string of the molecule is COC(=O)N1CC[C@@H](Nc2ccc(C#N)cc2F)C1. The lowest BCUT2D eigenvalue weighted by Gasteiger charge is -2.16. The van der Waals surface area contributed by atoms with Gasteiger partial charge in [0.2, 0.25) is 0 Å². The van der Waals surface area contributed by atoms with Gasteiger partial charge < -0.3 is 15.0 Å². The van der Waals surface area contributed by atoms with E-state index in [1.807, 2.05) is 6.07 Å². The van der Waals surface area contributed by atoms with Crippen LogP contribution in [0.3, 0.4) is 0 Å². The minimum Gasteiger partial charge on any atom is -0.453 e. The standard InChI is InChI=1S/C13H14FN3O2/c1-19-13(18)17-5-4-10(8-17)16-12-3-2-9(7-15)6-11(12)14/h2-3,6,10,16H,4-5,8H2,1H3/t10-/m1/s1. The molecule has 1 aromatic carbocycles. The van der Waals surface area contributed by atoms with Crippen LogP contribution >= 0.6 is 0 Å². The van der Waals surface area contributed by atoms with Crippen LogP contribution in [-0.4, -0.2) is 37.2 Å². The molecule has 1 saturated heterocycles. The van der Waals surface area contributed by atoms with Gasteiger partial charge in [-0.15, -0.1) is 0 Å². The number of hydrogen-bond acceptors (Lipinski definition) is 4. The number of rotatable bonds is 2. The number of amides is 1. The zero-order valence-corrected chi connectivity index (χ0v) is 10.5. The molecule has 0 aliphatic carbocycles. The van der Waals surface area contributed by atoms with E-state index in [9.17, 15) is 9.18 Å². The Bertz CT molecular complexity index is 527. The van der Waals surface area contributed by atoms with E-state index in [4.69, 9.17) is 5.26 Å². The number of benzene rings is 1. The molecule has 0 saturated carbocycles. The fourth-order valence-electron chi connectivity index (χ4n) is 2.09. The summed E-state index contributed by atoms with van der Waals surface area (Å²) in [7, 11) is 1.34. The molecule has 100 valence electrons. The van der Waals surface area contributed by atoms with Crippen molar-refractivity contribution < 1.29 is 13.9 Å². The fourth-order valence-corrected chi connectivity index (χ4v) is 2.09. The van der Waals surface area contributed by atoms with Crippen molar-refractivity contribution >= 4 is 11.8 Å². The third kappa shape index (κ3) is 2.94. The summed E-state index contributed by atoms with van der Waals surface area (Å²) in [6.45, 7) is 1.06. The minimum absolute atomic E-state index is 0.0125. The maximum absolute atomic E-state index is 13.7. The van der Waals surface area contributed by atoms with Gasteiger partial charge in [0.05, 0.1) is 24.4 Å². The molecule has 1 aliphatic rings. The molecule has 19 heavy (non-hydrogen) atoms. The Kier molecular flexibility index (Phi) is 3.85. The number of ether oxygens (including phenoxy) is 1. The van der Waals surface area contributed by atoms with Crippen molar-refractivity contribution in [1.29, 1.82) is 5.26 Å². The Balaban J connectivity index is 2.00. The van der Waals surface area contributed by atoms with Gasteiger partial charge in [0.25, 0.3) is 0 Å². The Morgan fingerprint density at radius 1 is 1.63 bits per heavy atom. The van der Waals surface area contributed by atoms with Crippen LogP contribution in [-0.2, 0) is 4.74 Å². The number of anilines is 1. The summed E-state index contributed by atoms with van der Waals surface area (Å²) in [5, 5.41) is 11.7. The predicted molar refractivity (Wildman–Crippen MR) is 67.1 cm³/mol. The Hall–Kier alpha value is -2.29. The van der Waals surface area contributed by atoms with E-state index >= 15 is 0 Å². The molecule has 1 aromatic rings. The number of nitrogens with zero attached hydrogens (tertiary/aromatic N) is 2. The highest BCUT2D eigenvalue weighted by atomic mass is 19.1. The van der Waals surface area contributed by atoms with Crippen molar-refractivity contribution in [3.8, 4) is 6.07 Å². The lowest BCUT2D eigenvalue weighted by atomic mass is 10.2. The van der Waals surface area contributed by atoms with Gasteiger partial charge in [0.1, 0.15) is 5.82 Å². The first-order valence-corrected chi connectivity index (χ1v) is 5.93. The average Bonchev–Trinajstić information content (AvgIpc) is 2.88. The molecule has 0 spiro atoms. The first-order valence-electron chi connectivity index (χ1n) is 5.93. The number of likely N-dealkylation sites (tertiary alicyclic amines) is 1. The van der Waals surface area contributed by atoms with Gasteiger partial charge in [0.15, 0.2) is 0 Å². The van der Waals surface area contributed by atoms with Gasteiger partial charge in [0, 0.05) is 19.1 Å². The van der Waals surface area contributed by atoms with Crippen LogP contribution < -0.4 is 5.32 Å². The minimum atomic E-state index is -0.462. The van der Waals surface area contributed by atoms with Crippen LogP contribution in [0.4, 0.5) is 14.9 Å². The first kappa shape index (κ1) is 13.1. The molecule has 0 unspecified atom stereocenters. The lowest BCUT2D eigenvalue weighted by molar-refractivity contribution is 0.133. The van der Waals surface area contributed by atoms with E-state index in [-0.39, 0.29) is 17.7 Å². The number of hydrogen-bond donors (Lipinski definition) is 1. The van der Waals surface area contributed by atoms with Crippen molar-refractivity contribution in [2.45, 2.75) is 12.5 Å². The van der Waals surface area contributed by atoms with E-state index < -0.39 is 5.82 Å². The highest BCUT2D eigenvalue weighted by Gasteiger charge is 2.27. The van der Waals surface area contributed by atoms with Crippen LogP contribution in [0, 0.1) is 17.1 Å². The normalized spacial score (nSPS) is 17.9. The van der Waals surface area contributed by atoms with Crippen molar-refractivity contribution in [1.82, 2.24) is 4.90 Å². The Morgan fingerprint density at radius 3 is 3.05 bits per heavy atom. The quantitative estimate of drug-likeness (QED) is 0.885. The maximum Gasteiger partial charge on any atom is 0.409 e. The molecule has 0 bridgehead atoms. The Morgan fingerprint density at radius 2 is 2.42 bits per heavy atom. The summed E-state index contributed by atoms with van der Waals surface area (Å²) >= 11 is 0. The zero-order chi connectivity index (χ0) is 13.8. The molecule has 1 aliphatic heterocycles. The largest absolute Gasteiger partial charge is 0.453 e. The zero-order valence-electron chi connectivity index (χ0n) is 10.5. The number of nitrogens with one attached hydrogen (secondary N) is 1. The van der Waals surface area contributed by atoms with E-state index in [2.05, 4.69) is 10.1 Å². The van der Waals surface area contributed by atoms with E-state index in [1.165, 1.54) is 19.2 Å². The third-order valence-corrected chi connectivity index (χ3v) is 3.08. The van der Waals surface area contributed by atoms with Crippen molar-refractivity contribution in [2.75, 3.05) is 25.5 Å². The van der Waals surface area contributed by atoms with Gasteiger partial charge in [-0.1, -0.05) is 0 Å². The molecular formula is C13H14FN3O2. The van der Waals surface area contributed by atoms with Gasteiger partial charge in [-0.2, -0.15) is 5.26 Å². The maximum atomic E-state index is 13.7. The second kappa shape index (κ2) is 5.57. The van der Waals surface area contributed by atoms with Gasteiger partial charge in [-0.3, -0.25) is 0 Å². The average molecular weight is 263 g/mol. The number of methoxy groups -OCH3 is 1. The lowest BCUT2D eigenvalue weighted by Crippen LogP contribution is -2.31. The van der Waals surface area contributed by atoms with Gasteiger partial charge in [-0.25, -0.2) is 9.18 Å². The molecular weight excluding hydrogens is 249 g/mol. The van der Waals surface area contributed by atoms with Gasteiger partial charge >= 0.3 is 6.09 Å². The second-order valence-corrected chi connectivity index (χ2v) is 4.35.